The second-order valence-electron chi connectivity index (χ2n) is 5.51. The number of likely N-dealkylation sites (N-methyl/N-ethyl adjacent to an activating group) is 1. The lowest BCUT2D eigenvalue weighted by atomic mass is 9.90. The van der Waals surface area contributed by atoms with Gasteiger partial charge in [0.25, 0.3) is 0 Å². The highest BCUT2D eigenvalue weighted by atomic mass is 19.4. The summed E-state index contributed by atoms with van der Waals surface area (Å²) >= 11 is 0. The summed E-state index contributed by atoms with van der Waals surface area (Å²) in [5, 5.41) is 0. The average molecular weight is 301 g/mol. The van der Waals surface area contributed by atoms with Gasteiger partial charge in [0.2, 0.25) is 0 Å². The van der Waals surface area contributed by atoms with E-state index >= 15 is 0 Å². The molecular formula is C15H15F4NO. The SMILES string of the molecule is CN1C2C=C(c3ccc(C(F)(F)F)c(F)c3)CC1COC2. The number of morpholine rings is 1. The van der Waals surface area contributed by atoms with Crippen molar-refractivity contribution in [1.82, 2.24) is 4.90 Å². The van der Waals surface area contributed by atoms with E-state index in [9.17, 15) is 17.6 Å². The summed E-state index contributed by atoms with van der Waals surface area (Å²) in [5.41, 5.74) is 0.188. The Labute approximate surface area is 120 Å². The Hall–Kier alpha value is -1.40. The molecule has 0 radical (unpaired) electrons. The smallest absolute Gasteiger partial charge is 0.378 e. The molecule has 0 aliphatic carbocycles. The molecule has 2 atom stereocenters. The molecule has 3 rings (SSSR count). The molecule has 1 aromatic carbocycles. The molecule has 2 unspecified atom stereocenters. The first-order chi connectivity index (χ1) is 9.86. The van der Waals surface area contributed by atoms with Crippen LogP contribution in [0.15, 0.2) is 24.3 Å². The van der Waals surface area contributed by atoms with Gasteiger partial charge < -0.3 is 4.74 Å². The average Bonchev–Trinajstić information content (AvgIpc) is 2.36. The summed E-state index contributed by atoms with van der Waals surface area (Å²) < 4.78 is 56.9. The van der Waals surface area contributed by atoms with Gasteiger partial charge >= 0.3 is 6.18 Å². The molecule has 2 aliphatic rings. The van der Waals surface area contributed by atoms with E-state index in [0.717, 1.165) is 17.7 Å². The van der Waals surface area contributed by atoms with Crippen LogP contribution in [0.25, 0.3) is 5.57 Å². The van der Waals surface area contributed by atoms with Crippen LogP contribution in [0.1, 0.15) is 17.5 Å². The third-order valence-corrected chi connectivity index (χ3v) is 4.19. The van der Waals surface area contributed by atoms with Gasteiger partial charge in [-0.2, -0.15) is 13.2 Å². The lowest BCUT2D eigenvalue weighted by Gasteiger charge is -2.42. The summed E-state index contributed by atoms with van der Waals surface area (Å²) in [7, 11) is 2.00. The molecule has 2 aliphatic heterocycles. The Morgan fingerprint density at radius 2 is 2.00 bits per heavy atom. The molecule has 6 heteroatoms. The number of fused-ring (bicyclic) bond motifs is 2. The standard InChI is InChI=1S/C15H15F4NO/c1-20-11-4-10(5-12(20)8-21-7-11)9-2-3-13(14(16)6-9)15(17,18)19/h2-4,6,11-12H,5,7-8H2,1H3. The van der Waals surface area contributed by atoms with Crippen molar-refractivity contribution in [3.8, 4) is 0 Å². The molecule has 0 amide bonds. The van der Waals surface area contributed by atoms with Crippen LogP contribution >= 0.6 is 0 Å². The van der Waals surface area contributed by atoms with E-state index in [1.165, 1.54) is 6.07 Å². The normalized spacial score (nSPS) is 26.6. The van der Waals surface area contributed by atoms with Gasteiger partial charge in [0.15, 0.2) is 0 Å². The Morgan fingerprint density at radius 3 is 2.62 bits per heavy atom. The summed E-state index contributed by atoms with van der Waals surface area (Å²) in [5.74, 6) is -1.22. The number of hydrogen-bond acceptors (Lipinski definition) is 2. The second-order valence-corrected chi connectivity index (χ2v) is 5.51. The van der Waals surface area contributed by atoms with Crippen LogP contribution in [-0.2, 0) is 10.9 Å². The first-order valence-electron chi connectivity index (χ1n) is 6.74. The first kappa shape index (κ1) is 14.5. The third kappa shape index (κ3) is 2.70. The van der Waals surface area contributed by atoms with E-state index in [1.54, 1.807) is 0 Å². The van der Waals surface area contributed by atoms with E-state index in [-0.39, 0.29) is 12.1 Å². The highest BCUT2D eigenvalue weighted by Gasteiger charge is 2.35. The zero-order chi connectivity index (χ0) is 15.2. The molecule has 0 aromatic heterocycles. The predicted octanol–water partition coefficient (Wildman–Crippen LogP) is 3.33. The zero-order valence-corrected chi connectivity index (χ0v) is 11.5. The van der Waals surface area contributed by atoms with E-state index in [4.69, 9.17) is 4.74 Å². The van der Waals surface area contributed by atoms with Crippen molar-refractivity contribution in [2.45, 2.75) is 24.7 Å². The highest BCUT2D eigenvalue weighted by molar-refractivity contribution is 5.68. The molecule has 0 saturated carbocycles. The maximum absolute atomic E-state index is 13.7. The predicted molar refractivity (Wildman–Crippen MR) is 70.2 cm³/mol. The molecule has 2 bridgehead atoms. The van der Waals surface area contributed by atoms with Crippen molar-refractivity contribution < 1.29 is 22.3 Å². The maximum atomic E-state index is 13.7. The largest absolute Gasteiger partial charge is 0.419 e. The van der Waals surface area contributed by atoms with Gasteiger partial charge in [0.05, 0.1) is 24.8 Å². The van der Waals surface area contributed by atoms with Crippen LogP contribution in [0, 0.1) is 5.82 Å². The van der Waals surface area contributed by atoms with Crippen molar-refractivity contribution in [2.24, 2.45) is 0 Å². The lowest BCUT2D eigenvalue weighted by molar-refractivity contribution is -0.140. The number of ether oxygens (including phenoxy) is 1. The van der Waals surface area contributed by atoms with Gasteiger partial charge in [-0.25, -0.2) is 4.39 Å². The number of rotatable bonds is 1. The van der Waals surface area contributed by atoms with Gasteiger partial charge in [-0.15, -0.1) is 0 Å². The van der Waals surface area contributed by atoms with Crippen molar-refractivity contribution in [3.05, 3.63) is 41.2 Å². The number of hydrogen-bond donors (Lipinski definition) is 0. The number of benzene rings is 1. The first-order valence-corrected chi connectivity index (χ1v) is 6.74. The summed E-state index contributed by atoms with van der Waals surface area (Å²) in [6, 6.07) is 3.43. The fraction of sp³-hybridized carbons (Fsp3) is 0.467. The fourth-order valence-electron chi connectivity index (χ4n) is 2.91. The van der Waals surface area contributed by atoms with Gasteiger partial charge in [-0.3, -0.25) is 4.90 Å². The van der Waals surface area contributed by atoms with Crippen LogP contribution in [0.3, 0.4) is 0 Å². The Bertz CT molecular complexity index is 582. The van der Waals surface area contributed by atoms with Gasteiger partial charge in [-0.05, 0) is 36.7 Å². The zero-order valence-electron chi connectivity index (χ0n) is 11.5. The van der Waals surface area contributed by atoms with Crippen LogP contribution in [0.5, 0.6) is 0 Å². The lowest BCUT2D eigenvalue weighted by Crippen LogP contribution is -2.51. The quantitative estimate of drug-likeness (QED) is 0.738. The van der Waals surface area contributed by atoms with E-state index in [2.05, 4.69) is 4.90 Å². The van der Waals surface area contributed by atoms with Crippen molar-refractivity contribution in [1.29, 1.82) is 0 Å². The third-order valence-electron chi connectivity index (χ3n) is 4.19. The second kappa shape index (κ2) is 5.10. The summed E-state index contributed by atoms with van der Waals surface area (Å²) in [4.78, 5) is 2.19. The van der Waals surface area contributed by atoms with Gasteiger partial charge in [0.1, 0.15) is 5.82 Å². The number of alkyl halides is 3. The molecule has 0 N–H and O–H groups in total. The van der Waals surface area contributed by atoms with Crippen LogP contribution in [0.4, 0.5) is 17.6 Å². The molecule has 2 heterocycles. The van der Waals surface area contributed by atoms with E-state index in [0.29, 0.717) is 25.2 Å². The molecule has 1 saturated heterocycles. The van der Waals surface area contributed by atoms with Gasteiger partial charge in [-0.1, -0.05) is 12.1 Å². The number of nitrogens with zero attached hydrogens (tertiary/aromatic N) is 1. The molecule has 114 valence electrons. The van der Waals surface area contributed by atoms with Crippen LogP contribution in [0.2, 0.25) is 0 Å². The molecule has 1 aromatic rings. The molecular weight excluding hydrogens is 286 g/mol. The number of halogens is 4. The molecule has 21 heavy (non-hydrogen) atoms. The minimum Gasteiger partial charge on any atom is -0.378 e. The monoisotopic (exact) mass is 301 g/mol. The minimum absolute atomic E-state index is 0.0952. The van der Waals surface area contributed by atoms with Crippen LogP contribution in [-0.4, -0.2) is 37.2 Å². The molecule has 0 spiro atoms. The van der Waals surface area contributed by atoms with Crippen molar-refractivity contribution >= 4 is 5.57 Å². The fourth-order valence-corrected chi connectivity index (χ4v) is 2.91. The summed E-state index contributed by atoms with van der Waals surface area (Å²) in [6.07, 6.45) is -2.05. The maximum Gasteiger partial charge on any atom is 0.419 e. The Balaban J connectivity index is 1.93. The van der Waals surface area contributed by atoms with Gasteiger partial charge in [0, 0.05) is 6.04 Å². The highest BCUT2D eigenvalue weighted by Crippen LogP contribution is 2.35. The van der Waals surface area contributed by atoms with E-state index in [1.807, 2.05) is 13.1 Å². The minimum atomic E-state index is -4.66. The van der Waals surface area contributed by atoms with Crippen molar-refractivity contribution in [2.75, 3.05) is 20.3 Å². The molecule has 1 fully saturated rings. The Kier molecular flexibility index (Phi) is 3.53. The van der Waals surface area contributed by atoms with E-state index < -0.39 is 17.6 Å². The summed E-state index contributed by atoms with van der Waals surface area (Å²) in [6.45, 7) is 1.15. The molecule has 2 nitrogen and oxygen atoms in total. The Morgan fingerprint density at radius 1 is 1.24 bits per heavy atom. The topological polar surface area (TPSA) is 12.5 Å². The van der Waals surface area contributed by atoms with Crippen LogP contribution < -0.4 is 0 Å². The van der Waals surface area contributed by atoms with Crippen molar-refractivity contribution in [3.63, 3.8) is 0 Å².